The van der Waals surface area contributed by atoms with E-state index in [1.165, 1.54) is 12.1 Å². The molecular weight excluding hydrogens is 328 g/mol. The van der Waals surface area contributed by atoms with E-state index in [9.17, 15) is 13.2 Å². The van der Waals surface area contributed by atoms with E-state index in [0.717, 1.165) is 10.9 Å². The van der Waals surface area contributed by atoms with Crippen LogP contribution in [-0.2, 0) is 16.4 Å². The molecule has 8 heteroatoms. The lowest BCUT2D eigenvalue weighted by molar-refractivity contribution is 0.597. The van der Waals surface area contributed by atoms with Gasteiger partial charge in [0, 0.05) is 29.9 Å². The zero-order valence-electron chi connectivity index (χ0n) is 12.7. The van der Waals surface area contributed by atoms with Crippen molar-refractivity contribution < 1.29 is 8.42 Å². The molecule has 124 valence electrons. The monoisotopic (exact) mass is 344 g/mol. The van der Waals surface area contributed by atoms with Crippen molar-refractivity contribution in [1.82, 2.24) is 9.97 Å². The third-order valence-electron chi connectivity index (χ3n) is 3.60. The van der Waals surface area contributed by atoms with Crippen LogP contribution in [0.3, 0.4) is 0 Å². The number of anilines is 1. The normalized spacial score (nSPS) is 11.5. The van der Waals surface area contributed by atoms with Gasteiger partial charge in [-0.1, -0.05) is 12.1 Å². The van der Waals surface area contributed by atoms with Crippen molar-refractivity contribution in [3.63, 3.8) is 0 Å². The summed E-state index contributed by atoms with van der Waals surface area (Å²) >= 11 is 0. The first-order valence-electron chi connectivity index (χ1n) is 7.26. The fourth-order valence-corrected chi connectivity index (χ4v) is 3.06. The molecule has 3 aromatic rings. The van der Waals surface area contributed by atoms with Gasteiger partial charge in [-0.15, -0.1) is 0 Å². The average molecular weight is 344 g/mol. The van der Waals surface area contributed by atoms with E-state index in [1.807, 2.05) is 12.1 Å². The van der Waals surface area contributed by atoms with Crippen LogP contribution in [0, 0.1) is 0 Å². The molecule has 0 amide bonds. The van der Waals surface area contributed by atoms with Crippen molar-refractivity contribution in [2.45, 2.75) is 11.3 Å². The number of nitrogens with two attached hydrogens (primary N) is 1. The Kier molecular flexibility index (Phi) is 4.32. The highest BCUT2D eigenvalue weighted by Gasteiger charge is 2.08. The Hall–Kier alpha value is -2.71. The molecule has 4 N–H and O–H groups in total. The summed E-state index contributed by atoms with van der Waals surface area (Å²) < 4.78 is 22.8. The van der Waals surface area contributed by atoms with E-state index in [-0.39, 0.29) is 10.5 Å². The van der Waals surface area contributed by atoms with Gasteiger partial charge in [-0.2, -0.15) is 0 Å². The molecule has 24 heavy (non-hydrogen) atoms. The van der Waals surface area contributed by atoms with E-state index >= 15 is 0 Å². The predicted molar refractivity (Wildman–Crippen MR) is 92.4 cm³/mol. The number of nitrogens with zero attached hydrogens (tertiary/aromatic N) is 1. The molecule has 0 atom stereocenters. The van der Waals surface area contributed by atoms with Crippen molar-refractivity contribution >= 4 is 26.6 Å². The number of hydrogen-bond acceptors (Lipinski definition) is 5. The summed E-state index contributed by atoms with van der Waals surface area (Å²) in [5.74, 6) is 0. The van der Waals surface area contributed by atoms with Crippen LogP contribution in [0.25, 0.3) is 10.9 Å². The number of hydrogen-bond donors (Lipinski definition) is 3. The number of benzene rings is 1. The summed E-state index contributed by atoms with van der Waals surface area (Å²) in [6.07, 6.45) is 3.83. The van der Waals surface area contributed by atoms with Crippen LogP contribution in [0.1, 0.15) is 5.56 Å². The van der Waals surface area contributed by atoms with E-state index in [1.54, 1.807) is 24.5 Å². The number of nitrogens with one attached hydrogen (secondary N) is 2. The maximum absolute atomic E-state index is 11.7. The number of fused-ring (bicyclic) bond motifs is 1. The molecule has 0 fully saturated rings. The number of sulfonamides is 1. The maximum Gasteiger partial charge on any atom is 0.250 e. The van der Waals surface area contributed by atoms with E-state index < -0.39 is 10.0 Å². The first-order chi connectivity index (χ1) is 11.4. The van der Waals surface area contributed by atoms with Gasteiger partial charge in [-0.05, 0) is 30.2 Å². The van der Waals surface area contributed by atoms with Crippen molar-refractivity contribution in [2.75, 3.05) is 11.9 Å². The van der Waals surface area contributed by atoms with Gasteiger partial charge in [0.25, 0.3) is 5.56 Å². The molecule has 0 saturated heterocycles. The SMILES string of the molecule is NS(=O)(=O)c1cccc(CCNc2cc(=O)[nH]c3cnccc23)c1. The zero-order valence-corrected chi connectivity index (χ0v) is 13.5. The fourth-order valence-electron chi connectivity index (χ4n) is 2.47. The molecular formula is C16H16N4O3S. The minimum absolute atomic E-state index is 0.0904. The first-order valence-corrected chi connectivity index (χ1v) is 8.81. The smallest absolute Gasteiger partial charge is 0.250 e. The van der Waals surface area contributed by atoms with Crippen LogP contribution in [0.15, 0.2) is 58.5 Å². The average Bonchev–Trinajstić information content (AvgIpc) is 2.54. The highest BCUT2D eigenvalue weighted by molar-refractivity contribution is 7.89. The van der Waals surface area contributed by atoms with Crippen LogP contribution in [0.4, 0.5) is 5.69 Å². The lowest BCUT2D eigenvalue weighted by Crippen LogP contribution is -2.13. The molecule has 0 unspecified atom stereocenters. The molecule has 1 aromatic carbocycles. The molecule has 2 aromatic heterocycles. The first kappa shape index (κ1) is 16.2. The predicted octanol–water partition coefficient (Wildman–Crippen LogP) is 1.23. The Labute approximate surface area is 138 Å². The molecule has 0 spiro atoms. The number of primary sulfonamides is 1. The van der Waals surface area contributed by atoms with Crippen LogP contribution >= 0.6 is 0 Å². The number of H-pyrrole nitrogens is 1. The van der Waals surface area contributed by atoms with Crippen LogP contribution in [-0.4, -0.2) is 24.9 Å². The number of rotatable bonds is 5. The van der Waals surface area contributed by atoms with Crippen LogP contribution in [0.5, 0.6) is 0 Å². The van der Waals surface area contributed by atoms with Gasteiger partial charge in [0.05, 0.1) is 16.6 Å². The Morgan fingerprint density at radius 2 is 2.04 bits per heavy atom. The van der Waals surface area contributed by atoms with Gasteiger partial charge in [0.1, 0.15) is 0 Å². The quantitative estimate of drug-likeness (QED) is 0.643. The summed E-state index contributed by atoms with van der Waals surface area (Å²) in [4.78, 5) is 18.5. The number of pyridine rings is 2. The van der Waals surface area contributed by atoms with Gasteiger partial charge in [0.15, 0.2) is 0 Å². The molecule has 0 radical (unpaired) electrons. The van der Waals surface area contributed by atoms with E-state index in [0.29, 0.717) is 24.2 Å². The molecule has 3 rings (SSSR count). The van der Waals surface area contributed by atoms with Crippen molar-refractivity contribution in [1.29, 1.82) is 0 Å². The van der Waals surface area contributed by atoms with Crippen LogP contribution < -0.4 is 16.0 Å². The second-order valence-corrected chi connectivity index (χ2v) is 6.90. The highest BCUT2D eigenvalue weighted by Crippen LogP contribution is 2.18. The number of aromatic nitrogens is 2. The second-order valence-electron chi connectivity index (χ2n) is 5.34. The molecule has 0 bridgehead atoms. The summed E-state index contributed by atoms with van der Waals surface area (Å²) in [5, 5.41) is 9.21. The Balaban J connectivity index is 1.77. The van der Waals surface area contributed by atoms with Crippen molar-refractivity contribution in [2.24, 2.45) is 5.14 Å². The largest absolute Gasteiger partial charge is 0.384 e. The summed E-state index contributed by atoms with van der Waals surface area (Å²) in [7, 11) is -3.71. The maximum atomic E-state index is 11.7. The molecule has 0 saturated carbocycles. The second kappa shape index (κ2) is 6.42. The molecule has 0 aliphatic rings. The van der Waals surface area contributed by atoms with Crippen molar-refractivity contribution in [3.8, 4) is 0 Å². The Morgan fingerprint density at radius 3 is 2.83 bits per heavy atom. The van der Waals surface area contributed by atoms with E-state index in [4.69, 9.17) is 5.14 Å². The summed E-state index contributed by atoms with van der Waals surface area (Å²) in [6, 6.07) is 9.80. The Bertz CT molecular complexity index is 1040. The topological polar surface area (TPSA) is 118 Å². The van der Waals surface area contributed by atoms with Gasteiger partial charge in [-0.3, -0.25) is 9.78 Å². The fraction of sp³-hybridized carbons (Fsp3) is 0.125. The molecule has 0 aliphatic heterocycles. The highest BCUT2D eigenvalue weighted by atomic mass is 32.2. The third kappa shape index (κ3) is 3.61. The van der Waals surface area contributed by atoms with Gasteiger partial charge in [-0.25, -0.2) is 13.6 Å². The standard InChI is InChI=1S/C16H16N4O3S/c17-24(22,23)12-3-1-2-11(8-12)4-7-19-14-9-16(21)20-15-10-18-6-5-13(14)15/h1-3,5-6,8-10H,4,7H2,(H2,17,22,23)(H2,19,20,21). The van der Waals surface area contributed by atoms with Crippen LogP contribution in [0.2, 0.25) is 0 Å². The minimum atomic E-state index is -3.71. The Morgan fingerprint density at radius 1 is 1.21 bits per heavy atom. The summed E-state index contributed by atoms with van der Waals surface area (Å²) in [5.41, 5.74) is 1.99. The van der Waals surface area contributed by atoms with Gasteiger partial charge in [0.2, 0.25) is 10.0 Å². The van der Waals surface area contributed by atoms with Crippen molar-refractivity contribution in [3.05, 3.63) is 64.7 Å². The lowest BCUT2D eigenvalue weighted by Gasteiger charge is -2.09. The lowest BCUT2D eigenvalue weighted by atomic mass is 10.1. The molecule has 0 aliphatic carbocycles. The zero-order chi connectivity index (χ0) is 17.2. The summed E-state index contributed by atoms with van der Waals surface area (Å²) in [6.45, 7) is 0.537. The third-order valence-corrected chi connectivity index (χ3v) is 4.51. The minimum Gasteiger partial charge on any atom is -0.384 e. The van der Waals surface area contributed by atoms with Gasteiger partial charge >= 0.3 is 0 Å². The van der Waals surface area contributed by atoms with Gasteiger partial charge < -0.3 is 10.3 Å². The van der Waals surface area contributed by atoms with E-state index in [2.05, 4.69) is 15.3 Å². The molecule has 7 nitrogen and oxygen atoms in total. The number of aromatic amines is 1. The molecule has 2 heterocycles.